The molecule has 0 spiro atoms. The van der Waals surface area contributed by atoms with Gasteiger partial charge in [-0.25, -0.2) is 8.42 Å². The topological polar surface area (TPSA) is 86.8 Å². The van der Waals surface area contributed by atoms with Crippen LogP contribution in [-0.2, 0) is 26.2 Å². The standard InChI is InChI=1S/C29H33Cl2N3O4S/c1-6-32-29(36)22(5)33(17-23-9-10-24(30)16-27(23)31)28(35)18-34(25-14-20(3)13-21(4)15-25)39(37,38)26-11-7-19(2)8-12-26/h7-16,22H,6,17-18H2,1-5H3,(H,32,36)/t22-/m1/s1. The van der Waals surface area contributed by atoms with Crippen LogP contribution in [0.3, 0.4) is 0 Å². The highest BCUT2D eigenvalue weighted by Gasteiger charge is 2.33. The van der Waals surface area contributed by atoms with Crippen molar-refractivity contribution < 1.29 is 18.0 Å². The van der Waals surface area contributed by atoms with Crippen molar-refractivity contribution in [1.29, 1.82) is 0 Å². The number of benzene rings is 3. The molecule has 7 nitrogen and oxygen atoms in total. The number of rotatable bonds is 10. The number of hydrogen-bond donors (Lipinski definition) is 1. The normalized spacial score (nSPS) is 12.1. The molecule has 0 aliphatic rings. The van der Waals surface area contributed by atoms with E-state index in [4.69, 9.17) is 23.2 Å². The molecule has 0 bridgehead atoms. The van der Waals surface area contributed by atoms with E-state index >= 15 is 0 Å². The van der Waals surface area contributed by atoms with Gasteiger partial charge in [-0.15, -0.1) is 0 Å². The molecule has 0 saturated heterocycles. The molecule has 0 unspecified atom stereocenters. The molecule has 10 heteroatoms. The Hall–Kier alpha value is -3.07. The van der Waals surface area contributed by atoms with Gasteiger partial charge in [0.15, 0.2) is 0 Å². The Kier molecular flexibility index (Phi) is 10.0. The lowest BCUT2D eigenvalue weighted by molar-refractivity contribution is -0.139. The third kappa shape index (κ3) is 7.53. The maximum Gasteiger partial charge on any atom is 0.264 e. The van der Waals surface area contributed by atoms with Crippen LogP contribution < -0.4 is 9.62 Å². The fraction of sp³-hybridized carbons (Fsp3) is 0.310. The van der Waals surface area contributed by atoms with Crippen molar-refractivity contribution in [3.05, 3.63) is 93.0 Å². The second kappa shape index (κ2) is 12.9. The van der Waals surface area contributed by atoms with Crippen LogP contribution in [0.4, 0.5) is 5.69 Å². The van der Waals surface area contributed by atoms with Crippen LogP contribution in [0.25, 0.3) is 0 Å². The van der Waals surface area contributed by atoms with Crippen molar-refractivity contribution >= 4 is 50.7 Å². The van der Waals surface area contributed by atoms with Crippen LogP contribution in [0.2, 0.25) is 10.0 Å². The number of carbonyl (C=O) groups excluding carboxylic acids is 2. The molecule has 208 valence electrons. The summed E-state index contributed by atoms with van der Waals surface area (Å²) in [6.45, 7) is 8.81. The first-order valence-electron chi connectivity index (χ1n) is 12.5. The summed E-state index contributed by atoms with van der Waals surface area (Å²) in [5.74, 6) is -0.926. The van der Waals surface area contributed by atoms with Gasteiger partial charge in [0.2, 0.25) is 11.8 Å². The summed E-state index contributed by atoms with van der Waals surface area (Å²) in [4.78, 5) is 28.1. The monoisotopic (exact) mass is 589 g/mol. The largest absolute Gasteiger partial charge is 0.355 e. The smallest absolute Gasteiger partial charge is 0.264 e. The van der Waals surface area contributed by atoms with E-state index in [1.807, 2.05) is 26.8 Å². The zero-order chi connectivity index (χ0) is 28.9. The van der Waals surface area contributed by atoms with E-state index in [1.165, 1.54) is 17.0 Å². The number of nitrogens with one attached hydrogen (secondary N) is 1. The minimum atomic E-state index is -4.13. The van der Waals surface area contributed by atoms with Gasteiger partial charge in [-0.1, -0.05) is 53.0 Å². The minimum Gasteiger partial charge on any atom is -0.355 e. The Balaban J connectivity index is 2.08. The maximum atomic E-state index is 13.9. The number of hydrogen-bond acceptors (Lipinski definition) is 4. The van der Waals surface area contributed by atoms with Crippen molar-refractivity contribution in [2.24, 2.45) is 0 Å². The number of amides is 2. The Bertz CT molecular complexity index is 1440. The van der Waals surface area contributed by atoms with E-state index in [1.54, 1.807) is 56.3 Å². The van der Waals surface area contributed by atoms with Crippen LogP contribution in [0.5, 0.6) is 0 Å². The number of nitrogens with zero attached hydrogens (tertiary/aromatic N) is 2. The molecular weight excluding hydrogens is 557 g/mol. The summed E-state index contributed by atoms with van der Waals surface area (Å²) in [6, 6.07) is 15.8. The van der Waals surface area contributed by atoms with Crippen molar-refractivity contribution in [3.63, 3.8) is 0 Å². The number of sulfonamides is 1. The number of likely N-dealkylation sites (N-methyl/N-ethyl adjacent to an activating group) is 1. The third-order valence-corrected chi connectivity index (χ3v) is 8.63. The first-order valence-corrected chi connectivity index (χ1v) is 14.7. The van der Waals surface area contributed by atoms with Crippen LogP contribution in [-0.4, -0.2) is 44.3 Å². The van der Waals surface area contributed by atoms with E-state index in [0.717, 1.165) is 21.0 Å². The highest BCUT2D eigenvalue weighted by molar-refractivity contribution is 7.92. The van der Waals surface area contributed by atoms with Crippen molar-refractivity contribution in [2.75, 3.05) is 17.4 Å². The molecule has 0 saturated carbocycles. The molecule has 1 N–H and O–H groups in total. The quantitative estimate of drug-likeness (QED) is 0.330. The zero-order valence-electron chi connectivity index (χ0n) is 22.7. The Morgan fingerprint density at radius 1 is 0.897 bits per heavy atom. The molecule has 0 heterocycles. The molecule has 39 heavy (non-hydrogen) atoms. The van der Waals surface area contributed by atoms with Crippen molar-refractivity contribution in [3.8, 4) is 0 Å². The summed E-state index contributed by atoms with van der Waals surface area (Å²) in [5, 5.41) is 3.50. The number of aryl methyl sites for hydroxylation is 3. The van der Waals surface area contributed by atoms with Crippen LogP contribution >= 0.6 is 23.2 Å². The van der Waals surface area contributed by atoms with Crippen LogP contribution in [0.15, 0.2) is 65.6 Å². The van der Waals surface area contributed by atoms with Gasteiger partial charge in [0.25, 0.3) is 10.0 Å². The van der Waals surface area contributed by atoms with Gasteiger partial charge >= 0.3 is 0 Å². The highest BCUT2D eigenvalue weighted by Crippen LogP contribution is 2.28. The fourth-order valence-corrected chi connectivity index (χ4v) is 6.06. The molecule has 0 aliphatic heterocycles. The number of halogens is 2. The summed E-state index contributed by atoms with van der Waals surface area (Å²) in [5.41, 5.74) is 3.54. The molecule has 0 aliphatic carbocycles. The van der Waals surface area contributed by atoms with Gasteiger partial charge < -0.3 is 10.2 Å². The lowest BCUT2D eigenvalue weighted by atomic mass is 10.1. The average molecular weight is 591 g/mol. The Labute approximate surface area is 240 Å². The minimum absolute atomic E-state index is 0.0155. The average Bonchev–Trinajstić information content (AvgIpc) is 2.86. The molecular formula is C29H33Cl2N3O4S. The lowest BCUT2D eigenvalue weighted by Crippen LogP contribution is -2.51. The Morgan fingerprint density at radius 3 is 2.08 bits per heavy atom. The highest BCUT2D eigenvalue weighted by atomic mass is 35.5. The number of carbonyl (C=O) groups is 2. The van der Waals surface area contributed by atoms with E-state index in [2.05, 4.69) is 5.32 Å². The van der Waals surface area contributed by atoms with Crippen molar-refractivity contribution in [1.82, 2.24) is 10.2 Å². The van der Waals surface area contributed by atoms with Gasteiger partial charge in [-0.3, -0.25) is 13.9 Å². The summed E-state index contributed by atoms with van der Waals surface area (Å²) < 4.78 is 28.9. The molecule has 0 fully saturated rings. The van der Waals surface area contributed by atoms with Gasteiger partial charge in [-0.05, 0) is 87.7 Å². The van der Waals surface area contributed by atoms with E-state index in [0.29, 0.717) is 27.8 Å². The van der Waals surface area contributed by atoms with Crippen LogP contribution in [0.1, 0.15) is 36.1 Å². The molecule has 3 rings (SSSR count). The van der Waals surface area contributed by atoms with E-state index < -0.39 is 28.5 Å². The van der Waals surface area contributed by atoms with Gasteiger partial charge in [-0.2, -0.15) is 0 Å². The van der Waals surface area contributed by atoms with E-state index in [9.17, 15) is 18.0 Å². The maximum absolute atomic E-state index is 13.9. The summed E-state index contributed by atoms with van der Waals surface area (Å²) in [7, 11) is -4.13. The SMILES string of the molecule is CCNC(=O)[C@@H](C)N(Cc1ccc(Cl)cc1Cl)C(=O)CN(c1cc(C)cc(C)c1)S(=O)(=O)c1ccc(C)cc1. The predicted molar refractivity (Wildman–Crippen MR) is 157 cm³/mol. The number of anilines is 1. The van der Waals surface area contributed by atoms with Gasteiger partial charge in [0.05, 0.1) is 10.6 Å². The molecule has 2 amide bonds. The molecule has 3 aromatic rings. The molecule has 3 aromatic carbocycles. The summed E-state index contributed by atoms with van der Waals surface area (Å²) >= 11 is 12.4. The predicted octanol–water partition coefficient (Wildman–Crippen LogP) is 5.67. The fourth-order valence-electron chi connectivity index (χ4n) is 4.20. The van der Waals surface area contributed by atoms with Crippen molar-refractivity contribution in [2.45, 2.75) is 52.1 Å². The van der Waals surface area contributed by atoms with Gasteiger partial charge in [0.1, 0.15) is 12.6 Å². The first kappa shape index (κ1) is 30.5. The second-order valence-electron chi connectivity index (χ2n) is 9.50. The lowest BCUT2D eigenvalue weighted by Gasteiger charge is -2.32. The summed E-state index contributed by atoms with van der Waals surface area (Å²) in [6.07, 6.45) is 0. The molecule has 0 radical (unpaired) electrons. The second-order valence-corrected chi connectivity index (χ2v) is 12.2. The molecule has 0 aromatic heterocycles. The Morgan fingerprint density at radius 2 is 1.51 bits per heavy atom. The first-order chi connectivity index (χ1) is 18.3. The van der Waals surface area contributed by atoms with Gasteiger partial charge in [0, 0.05) is 23.1 Å². The molecule has 1 atom stereocenters. The third-order valence-electron chi connectivity index (χ3n) is 6.26. The van der Waals surface area contributed by atoms with Crippen LogP contribution in [0, 0.1) is 20.8 Å². The van der Waals surface area contributed by atoms with E-state index in [-0.39, 0.29) is 17.3 Å². The zero-order valence-corrected chi connectivity index (χ0v) is 25.0.